The molecule has 5 rings (SSSR count). The SMILES string of the molecule is CCOC(=O)C1=C(C)N=c2s/c(=C/c3cc(Cl)c(OCc4cccc(C(=O)O)c4)c(OC)c3)c(=O)n2[C@@H]1c1ccc(OC)cc1OC. The van der Waals surface area contributed by atoms with Crippen molar-refractivity contribution in [2.75, 3.05) is 27.9 Å². The van der Waals surface area contributed by atoms with Gasteiger partial charge in [-0.05, 0) is 67.4 Å². The molecular formula is C34H31ClN2O9S. The van der Waals surface area contributed by atoms with Crippen molar-refractivity contribution >= 4 is 41.0 Å². The smallest absolute Gasteiger partial charge is 0.338 e. The predicted octanol–water partition coefficient (Wildman–Crippen LogP) is 4.75. The Balaban J connectivity index is 1.58. The minimum absolute atomic E-state index is 0.0477. The van der Waals surface area contributed by atoms with Gasteiger partial charge in [-0.3, -0.25) is 9.36 Å². The van der Waals surface area contributed by atoms with E-state index in [-0.39, 0.29) is 40.7 Å². The molecule has 0 aliphatic carbocycles. The third-order valence-corrected chi connectivity index (χ3v) is 8.62. The molecule has 0 bridgehead atoms. The first-order valence-electron chi connectivity index (χ1n) is 14.3. The number of hydrogen-bond acceptors (Lipinski definition) is 10. The van der Waals surface area contributed by atoms with Crippen molar-refractivity contribution in [2.24, 2.45) is 4.99 Å². The van der Waals surface area contributed by atoms with E-state index in [2.05, 4.69) is 4.99 Å². The number of rotatable bonds is 11. The summed E-state index contributed by atoms with van der Waals surface area (Å²) in [5.41, 5.74) is 2.12. The summed E-state index contributed by atoms with van der Waals surface area (Å²) in [4.78, 5) is 43.7. The molecule has 47 heavy (non-hydrogen) atoms. The van der Waals surface area contributed by atoms with E-state index in [4.69, 9.17) is 35.3 Å². The molecular weight excluding hydrogens is 648 g/mol. The molecule has 244 valence electrons. The Morgan fingerprint density at radius 2 is 1.81 bits per heavy atom. The first-order chi connectivity index (χ1) is 22.6. The van der Waals surface area contributed by atoms with Crippen LogP contribution in [-0.2, 0) is 16.1 Å². The number of thiazole rings is 1. The Kier molecular flexibility index (Phi) is 10.0. The molecule has 1 aromatic heterocycles. The monoisotopic (exact) mass is 678 g/mol. The fraction of sp³-hybridized carbons (Fsp3) is 0.235. The number of carbonyl (C=O) groups is 2. The summed E-state index contributed by atoms with van der Waals surface area (Å²) in [6.07, 6.45) is 1.66. The third kappa shape index (κ3) is 6.74. The van der Waals surface area contributed by atoms with Gasteiger partial charge in [-0.1, -0.05) is 35.1 Å². The van der Waals surface area contributed by atoms with E-state index in [9.17, 15) is 19.5 Å². The zero-order chi connectivity index (χ0) is 33.8. The molecule has 13 heteroatoms. The van der Waals surface area contributed by atoms with Crippen LogP contribution in [0.25, 0.3) is 6.08 Å². The van der Waals surface area contributed by atoms with Crippen LogP contribution in [0.15, 0.2) is 75.7 Å². The summed E-state index contributed by atoms with van der Waals surface area (Å²) >= 11 is 7.79. The molecule has 0 fully saturated rings. The summed E-state index contributed by atoms with van der Waals surface area (Å²) in [5, 5.41) is 9.51. The second-order valence-corrected chi connectivity index (χ2v) is 11.7. The van der Waals surface area contributed by atoms with Gasteiger partial charge in [0.1, 0.15) is 24.1 Å². The minimum Gasteiger partial charge on any atom is -0.497 e. The lowest BCUT2D eigenvalue weighted by atomic mass is 9.95. The first kappa shape index (κ1) is 33.3. The molecule has 1 aliphatic rings. The number of aromatic nitrogens is 1. The molecule has 11 nitrogen and oxygen atoms in total. The number of ether oxygens (including phenoxy) is 5. The van der Waals surface area contributed by atoms with E-state index in [0.717, 1.165) is 11.3 Å². The van der Waals surface area contributed by atoms with Gasteiger partial charge in [0.05, 0.1) is 54.3 Å². The second kappa shape index (κ2) is 14.1. The van der Waals surface area contributed by atoms with Gasteiger partial charge in [0.15, 0.2) is 16.3 Å². The minimum atomic E-state index is -1.04. The van der Waals surface area contributed by atoms with Gasteiger partial charge in [-0.2, -0.15) is 0 Å². The van der Waals surface area contributed by atoms with Gasteiger partial charge < -0.3 is 28.8 Å². The number of esters is 1. The van der Waals surface area contributed by atoms with Crippen molar-refractivity contribution < 1.29 is 38.4 Å². The van der Waals surface area contributed by atoms with Crippen LogP contribution < -0.4 is 33.8 Å². The Morgan fingerprint density at radius 3 is 2.49 bits per heavy atom. The lowest BCUT2D eigenvalue weighted by Crippen LogP contribution is -2.40. The Bertz CT molecular complexity index is 2080. The highest BCUT2D eigenvalue weighted by molar-refractivity contribution is 7.07. The summed E-state index contributed by atoms with van der Waals surface area (Å²) in [6, 6.07) is 14.0. The van der Waals surface area contributed by atoms with Gasteiger partial charge in [-0.15, -0.1) is 0 Å². The van der Waals surface area contributed by atoms with Crippen LogP contribution >= 0.6 is 22.9 Å². The van der Waals surface area contributed by atoms with Gasteiger partial charge in [0.2, 0.25) is 0 Å². The summed E-state index contributed by atoms with van der Waals surface area (Å²) < 4.78 is 29.7. The molecule has 1 aliphatic heterocycles. The van der Waals surface area contributed by atoms with E-state index >= 15 is 0 Å². The number of nitrogens with zero attached hydrogens (tertiary/aromatic N) is 2. The quantitative estimate of drug-likeness (QED) is 0.223. The van der Waals surface area contributed by atoms with Crippen molar-refractivity contribution in [3.8, 4) is 23.0 Å². The Labute approximate surface area is 278 Å². The third-order valence-electron chi connectivity index (χ3n) is 7.36. The number of carboxylic acid groups (broad SMARTS) is 1. The number of carbonyl (C=O) groups excluding carboxylic acids is 1. The number of benzene rings is 3. The van der Waals surface area contributed by atoms with Crippen LogP contribution in [0.2, 0.25) is 5.02 Å². The number of allylic oxidation sites excluding steroid dienone is 1. The molecule has 1 N–H and O–H groups in total. The largest absolute Gasteiger partial charge is 0.497 e. The molecule has 0 unspecified atom stereocenters. The average molecular weight is 679 g/mol. The zero-order valence-corrected chi connectivity index (χ0v) is 27.7. The van der Waals surface area contributed by atoms with E-state index < -0.39 is 18.0 Å². The Hall–Kier alpha value is -5.07. The van der Waals surface area contributed by atoms with Gasteiger partial charge in [0, 0.05) is 11.6 Å². The van der Waals surface area contributed by atoms with Crippen molar-refractivity contribution in [1.29, 1.82) is 0 Å². The highest BCUT2D eigenvalue weighted by Gasteiger charge is 2.35. The maximum Gasteiger partial charge on any atom is 0.338 e. The number of aromatic carboxylic acids is 1. The lowest BCUT2D eigenvalue weighted by molar-refractivity contribution is -0.139. The van der Waals surface area contributed by atoms with Crippen LogP contribution in [-0.4, -0.2) is 49.5 Å². The normalized spacial score (nSPS) is 14.3. The second-order valence-electron chi connectivity index (χ2n) is 10.2. The van der Waals surface area contributed by atoms with Crippen LogP contribution in [0.1, 0.15) is 46.9 Å². The van der Waals surface area contributed by atoms with E-state index in [1.165, 1.54) is 38.0 Å². The maximum absolute atomic E-state index is 14.1. The zero-order valence-electron chi connectivity index (χ0n) is 26.2. The molecule has 0 saturated carbocycles. The maximum atomic E-state index is 14.1. The number of hydrogen-bond donors (Lipinski definition) is 1. The number of fused-ring (bicyclic) bond motifs is 1. The molecule has 3 aromatic carbocycles. The average Bonchev–Trinajstić information content (AvgIpc) is 3.36. The lowest BCUT2D eigenvalue weighted by Gasteiger charge is -2.26. The number of methoxy groups -OCH3 is 3. The molecule has 1 atom stereocenters. The van der Waals surface area contributed by atoms with E-state index in [0.29, 0.717) is 49.0 Å². The molecule has 0 amide bonds. The van der Waals surface area contributed by atoms with Crippen LogP contribution in [0.4, 0.5) is 0 Å². The summed E-state index contributed by atoms with van der Waals surface area (Å²) in [6.45, 7) is 3.60. The number of carboxylic acids is 1. The Morgan fingerprint density at radius 1 is 1.04 bits per heavy atom. The van der Waals surface area contributed by atoms with Crippen LogP contribution in [0, 0.1) is 0 Å². The van der Waals surface area contributed by atoms with Crippen molar-refractivity contribution in [3.05, 3.63) is 113 Å². The van der Waals surface area contributed by atoms with E-state index in [1.807, 2.05) is 0 Å². The van der Waals surface area contributed by atoms with Gasteiger partial charge in [-0.25, -0.2) is 14.6 Å². The highest BCUT2D eigenvalue weighted by Crippen LogP contribution is 2.39. The van der Waals surface area contributed by atoms with Gasteiger partial charge >= 0.3 is 11.9 Å². The molecule has 2 heterocycles. The topological polar surface area (TPSA) is 135 Å². The van der Waals surface area contributed by atoms with Crippen molar-refractivity contribution in [1.82, 2.24) is 4.57 Å². The van der Waals surface area contributed by atoms with Crippen molar-refractivity contribution in [2.45, 2.75) is 26.5 Å². The fourth-order valence-electron chi connectivity index (χ4n) is 5.19. The van der Waals surface area contributed by atoms with Crippen molar-refractivity contribution in [3.63, 3.8) is 0 Å². The van der Waals surface area contributed by atoms with Crippen LogP contribution in [0.3, 0.4) is 0 Å². The summed E-state index contributed by atoms with van der Waals surface area (Å²) in [5.74, 6) is -0.0980. The highest BCUT2D eigenvalue weighted by atomic mass is 35.5. The number of halogens is 1. The van der Waals surface area contributed by atoms with E-state index in [1.54, 1.807) is 62.4 Å². The molecule has 4 aromatic rings. The first-order valence-corrected chi connectivity index (χ1v) is 15.5. The standard InChI is InChI=1S/C34H31ClN2O9S/c1-6-45-33(41)28-18(2)36-34-37(29(28)23-11-10-22(42-3)16-25(23)43-4)31(38)27(47-34)15-20-13-24(35)30(26(14-20)44-5)46-17-19-8-7-9-21(12-19)32(39)40/h7-16,29H,6,17H2,1-5H3,(H,39,40)/b27-15+/t29-/m1/s1. The molecule has 0 spiro atoms. The summed E-state index contributed by atoms with van der Waals surface area (Å²) in [7, 11) is 4.50. The molecule has 0 saturated heterocycles. The van der Waals surface area contributed by atoms with Gasteiger partial charge in [0.25, 0.3) is 5.56 Å². The van der Waals surface area contributed by atoms with Crippen LogP contribution in [0.5, 0.6) is 23.0 Å². The predicted molar refractivity (Wildman–Crippen MR) is 176 cm³/mol. The molecule has 0 radical (unpaired) electrons. The fourth-order valence-corrected chi connectivity index (χ4v) is 6.51.